The van der Waals surface area contributed by atoms with E-state index in [2.05, 4.69) is 5.10 Å². The number of hydrogen-bond donors (Lipinski definition) is 0. The van der Waals surface area contributed by atoms with Crippen molar-refractivity contribution in [1.82, 2.24) is 9.78 Å². The molecule has 148 valence electrons. The molecule has 1 saturated heterocycles. The average Bonchev–Trinajstić information content (AvgIpc) is 3.19. The zero-order valence-corrected chi connectivity index (χ0v) is 15.3. The van der Waals surface area contributed by atoms with Crippen molar-refractivity contribution >= 4 is 24.5 Å². The molecule has 2 aromatic rings. The molecular weight excluding hydrogens is 368 g/mol. The number of piperidine rings is 1. The van der Waals surface area contributed by atoms with Crippen LogP contribution in [0.4, 0.5) is 14.5 Å². The minimum absolute atomic E-state index is 0.0663. The normalized spacial score (nSPS) is 16.0. The van der Waals surface area contributed by atoms with Crippen molar-refractivity contribution in [3.63, 3.8) is 0 Å². The first-order valence-corrected chi connectivity index (χ1v) is 9.19. The van der Waals surface area contributed by atoms with Crippen molar-refractivity contribution in [1.29, 1.82) is 0 Å². The summed E-state index contributed by atoms with van der Waals surface area (Å²) in [4.78, 5) is 34.4. The molecule has 8 heteroatoms. The maximum Gasteiger partial charge on any atom is 0.153 e. The fourth-order valence-electron chi connectivity index (χ4n) is 3.64. The second kappa shape index (κ2) is 8.86. The van der Waals surface area contributed by atoms with Gasteiger partial charge in [-0.2, -0.15) is 5.10 Å². The number of nitrogens with zero attached hydrogens (tertiary/aromatic N) is 3. The lowest BCUT2D eigenvalue weighted by Gasteiger charge is -2.34. The van der Waals surface area contributed by atoms with Gasteiger partial charge < -0.3 is 14.5 Å². The molecule has 3 rings (SSSR count). The Bertz CT molecular complexity index is 837. The van der Waals surface area contributed by atoms with Crippen LogP contribution in [0.5, 0.6) is 0 Å². The summed E-state index contributed by atoms with van der Waals surface area (Å²) in [6.07, 6.45) is 6.65. The molecule has 1 aliphatic heterocycles. The number of aromatic nitrogens is 2. The van der Waals surface area contributed by atoms with Crippen LogP contribution in [0.2, 0.25) is 0 Å². The van der Waals surface area contributed by atoms with Gasteiger partial charge in [0, 0.05) is 42.9 Å². The molecule has 0 aliphatic carbocycles. The largest absolute Gasteiger partial charge is 0.371 e. The molecule has 2 heterocycles. The van der Waals surface area contributed by atoms with Crippen LogP contribution in [0, 0.1) is 11.6 Å². The Morgan fingerprint density at radius 1 is 1.14 bits per heavy atom. The van der Waals surface area contributed by atoms with E-state index in [1.54, 1.807) is 10.9 Å². The number of benzene rings is 1. The summed E-state index contributed by atoms with van der Waals surface area (Å²) in [6, 6.07) is 2.62. The first kappa shape index (κ1) is 19.9. The maximum atomic E-state index is 14.6. The topological polar surface area (TPSA) is 72.3 Å². The Morgan fingerprint density at radius 3 is 2.36 bits per heavy atom. The van der Waals surface area contributed by atoms with Crippen molar-refractivity contribution in [2.24, 2.45) is 0 Å². The van der Waals surface area contributed by atoms with Crippen LogP contribution in [0.15, 0.2) is 24.5 Å². The third-order valence-corrected chi connectivity index (χ3v) is 5.16. The third kappa shape index (κ3) is 4.16. The van der Waals surface area contributed by atoms with E-state index in [-0.39, 0.29) is 24.4 Å². The Morgan fingerprint density at radius 2 is 1.82 bits per heavy atom. The minimum atomic E-state index is -0.975. The van der Waals surface area contributed by atoms with Crippen LogP contribution in [0.1, 0.15) is 53.6 Å². The summed E-state index contributed by atoms with van der Waals surface area (Å²) in [6.45, 7) is 1.17. The van der Waals surface area contributed by atoms with Crippen molar-refractivity contribution in [3.05, 3.63) is 47.3 Å². The number of anilines is 1. The second-order valence-electron chi connectivity index (χ2n) is 6.90. The van der Waals surface area contributed by atoms with Gasteiger partial charge in [-0.05, 0) is 31.4 Å². The summed E-state index contributed by atoms with van der Waals surface area (Å²) in [5, 5.41) is 4.19. The van der Waals surface area contributed by atoms with Gasteiger partial charge in [0.2, 0.25) is 0 Å². The SMILES string of the molecule is O=CCCC(C=O)c1c(F)cc(N2CCC(n3cc(C=O)cn3)CC2)cc1F. The summed E-state index contributed by atoms with van der Waals surface area (Å²) in [5.74, 6) is -2.53. The molecule has 6 nitrogen and oxygen atoms in total. The molecule has 28 heavy (non-hydrogen) atoms. The van der Waals surface area contributed by atoms with E-state index in [4.69, 9.17) is 0 Å². The molecule has 0 radical (unpaired) electrons. The van der Waals surface area contributed by atoms with Gasteiger partial charge in [-0.15, -0.1) is 0 Å². The zero-order chi connectivity index (χ0) is 20.1. The molecule has 1 aromatic carbocycles. The van der Waals surface area contributed by atoms with E-state index < -0.39 is 17.6 Å². The van der Waals surface area contributed by atoms with Gasteiger partial charge in [0.15, 0.2) is 6.29 Å². The number of aldehydes is 3. The molecule has 0 bridgehead atoms. The van der Waals surface area contributed by atoms with Crippen molar-refractivity contribution in [2.45, 2.75) is 37.6 Å². The van der Waals surface area contributed by atoms with Gasteiger partial charge in [-0.25, -0.2) is 8.78 Å². The predicted molar refractivity (Wildman–Crippen MR) is 98.6 cm³/mol. The van der Waals surface area contributed by atoms with Crippen LogP contribution < -0.4 is 4.90 Å². The standard InChI is InChI=1S/C20H21F2N3O3/c21-18-8-17(9-19(22)20(18)15(13-28)2-1-7-26)24-5-3-16(4-6-24)25-11-14(12-27)10-23-25/h7-13,15-16H,1-6H2. The monoisotopic (exact) mass is 389 g/mol. The van der Waals surface area contributed by atoms with Gasteiger partial charge in [0.05, 0.1) is 17.8 Å². The summed E-state index contributed by atoms with van der Waals surface area (Å²) in [7, 11) is 0. The molecular formula is C20H21F2N3O3. The summed E-state index contributed by atoms with van der Waals surface area (Å²) >= 11 is 0. The van der Waals surface area contributed by atoms with E-state index >= 15 is 0 Å². The molecule has 1 unspecified atom stereocenters. The molecule has 0 saturated carbocycles. The first-order chi connectivity index (χ1) is 13.6. The Balaban J connectivity index is 1.72. The molecule has 0 N–H and O–H groups in total. The number of carbonyl (C=O) groups excluding carboxylic acids is 3. The summed E-state index contributed by atoms with van der Waals surface area (Å²) < 4.78 is 30.9. The smallest absolute Gasteiger partial charge is 0.153 e. The zero-order valence-electron chi connectivity index (χ0n) is 15.3. The van der Waals surface area contributed by atoms with Crippen molar-refractivity contribution in [2.75, 3.05) is 18.0 Å². The number of rotatable bonds is 8. The number of hydrogen-bond acceptors (Lipinski definition) is 5. The van der Waals surface area contributed by atoms with Crippen LogP contribution in [-0.2, 0) is 9.59 Å². The van der Waals surface area contributed by atoms with Crippen LogP contribution in [0.25, 0.3) is 0 Å². The number of halogens is 2. The fourth-order valence-corrected chi connectivity index (χ4v) is 3.64. The minimum Gasteiger partial charge on any atom is -0.371 e. The van der Waals surface area contributed by atoms with E-state index in [0.29, 0.717) is 36.9 Å². The molecule has 0 amide bonds. The quantitative estimate of drug-likeness (QED) is 0.649. The Labute approximate surface area is 161 Å². The van der Waals surface area contributed by atoms with Gasteiger partial charge >= 0.3 is 0 Å². The maximum absolute atomic E-state index is 14.6. The average molecular weight is 389 g/mol. The van der Waals surface area contributed by atoms with E-state index in [1.165, 1.54) is 18.3 Å². The Hall–Kier alpha value is -2.90. The molecule has 1 atom stereocenters. The highest BCUT2D eigenvalue weighted by atomic mass is 19.1. The van der Waals surface area contributed by atoms with Gasteiger partial charge in [-0.3, -0.25) is 9.48 Å². The van der Waals surface area contributed by atoms with Gasteiger partial charge in [-0.1, -0.05) is 0 Å². The second-order valence-corrected chi connectivity index (χ2v) is 6.90. The van der Waals surface area contributed by atoms with E-state index in [0.717, 1.165) is 19.1 Å². The van der Waals surface area contributed by atoms with Crippen LogP contribution in [0.3, 0.4) is 0 Å². The third-order valence-electron chi connectivity index (χ3n) is 5.16. The fraction of sp³-hybridized carbons (Fsp3) is 0.400. The molecule has 1 aromatic heterocycles. The molecule has 0 spiro atoms. The number of carbonyl (C=O) groups is 3. The summed E-state index contributed by atoms with van der Waals surface area (Å²) in [5.41, 5.74) is 0.654. The van der Waals surface area contributed by atoms with E-state index in [1.807, 2.05) is 4.90 Å². The van der Waals surface area contributed by atoms with Crippen LogP contribution >= 0.6 is 0 Å². The lowest BCUT2D eigenvalue weighted by molar-refractivity contribution is -0.110. The van der Waals surface area contributed by atoms with Gasteiger partial charge in [0.1, 0.15) is 24.2 Å². The highest BCUT2D eigenvalue weighted by Gasteiger charge is 2.25. The Kier molecular flexibility index (Phi) is 6.28. The van der Waals surface area contributed by atoms with Crippen molar-refractivity contribution in [3.8, 4) is 0 Å². The lowest BCUT2D eigenvalue weighted by Crippen LogP contribution is -2.35. The van der Waals surface area contributed by atoms with Crippen molar-refractivity contribution < 1.29 is 23.2 Å². The lowest BCUT2D eigenvalue weighted by atomic mass is 9.94. The molecule has 1 aliphatic rings. The highest BCUT2D eigenvalue weighted by Crippen LogP contribution is 2.32. The first-order valence-electron chi connectivity index (χ1n) is 9.19. The predicted octanol–water partition coefficient (Wildman–Crippen LogP) is 3.08. The van der Waals surface area contributed by atoms with Crippen LogP contribution in [-0.4, -0.2) is 41.7 Å². The van der Waals surface area contributed by atoms with Gasteiger partial charge in [0.25, 0.3) is 0 Å². The van der Waals surface area contributed by atoms with E-state index in [9.17, 15) is 23.2 Å². The molecule has 1 fully saturated rings. The highest BCUT2D eigenvalue weighted by molar-refractivity contribution is 5.73.